The first-order valence-corrected chi connectivity index (χ1v) is 6.79. The van der Waals surface area contributed by atoms with Gasteiger partial charge in [-0.15, -0.1) is 0 Å². The summed E-state index contributed by atoms with van der Waals surface area (Å²) in [6.45, 7) is 10.1. The van der Waals surface area contributed by atoms with Crippen LogP contribution < -0.4 is 5.32 Å². The van der Waals surface area contributed by atoms with Gasteiger partial charge in [0.15, 0.2) is 0 Å². The Balaban J connectivity index is 1.89. The maximum Gasteiger partial charge on any atom is 0.0208 e. The molecule has 0 heterocycles. The van der Waals surface area contributed by atoms with E-state index in [1.807, 2.05) is 0 Å². The second kappa shape index (κ2) is 4.81. The first-order chi connectivity index (χ1) is 7.97. The number of nitrogens with one attached hydrogen (secondary N) is 1. The number of hydrogen-bond donors (Lipinski definition) is 1. The zero-order valence-electron chi connectivity index (χ0n) is 11.6. The lowest BCUT2D eigenvalue weighted by atomic mass is 9.87. The summed E-state index contributed by atoms with van der Waals surface area (Å²) in [5, 5.41) is 3.62. The van der Waals surface area contributed by atoms with Crippen LogP contribution in [0.25, 0.3) is 0 Å². The summed E-state index contributed by atoms with van der Waals surface area (Å²) >= 11 is 0. The van der Waals surface area contributed by atoms with Crippen LogP contribution in [0.15, 0.2) is 24.3 Å². The summed E-state index contributed by atoms with van der Waals surface area (Å²) in [6, 6.07) is 9.72. The molecule has 0 amide bonds. The van der Waals surface area contributed by atoms with Crippen molar-refractivity contribution in [1.82, 2.24) is 5.32 Å². The molecule has 1 heteroatoms. The van der Waals surface area contributed by atoms with Crippen LogP contribution >= 0.6 is 0 Å². The molecule has 1 aliphatic carbocycles. The van der Waals surface area contributed by atoms with Crippen molar-refractivity contribution >= 4 is 0 Å². The Kier molecular flexibility index (Phi) is 3.58. The molecule has 1 fully saturated rings. The quantitative estimate of drug-likeness (QED) is 0.829. The first-order valence-electron chi connectivity index (χ1n) is 6.79. The number of benzene rings is 1. The summed E-state index contributed by atoms with van der Waals surface area (Å²) < 4.78 is 0. The van der Waals surface area contributed by atoms with E-state index < -0.39 is 0 Å². The highest BCUT2D eigenvalue weighted by molar-refractivity contribution is 5.27. The molecule has 0 radical (unpaired) electrons. The van der Waals surface area contributed by atoms with Crippen LogP contribution in [0.3, 0.4) is 0 Å². The average Bonchev–Trinajstić information content (AvgIpc) is 3.09. The lowest BCUT2D eigenvalue weighted by Crippen LogP contribution is -2.27. The van der Waals surface area contributed by atoms with E-state index in [4.69, 9.17) is 0 Å². The molecule has 17 heavy (non-hydrogen) atoms. The Hall–Kier alpha value is -0.820. The number of hydrogen-bond acceptors (Lipinski definition) is 1. The van der Waals surface area contributed by atoms with Gasteiger partial charge in [0.25, 0.3) is 0 Å². The summed E-state index contributed by atoms with van der Waals surface area (Å²) in [4.78, 5) is 0. The topological polar surface area (TPSA) is 12.0 Å². The van der Waals surface area contributed by atoms with Gasteiger partial charge in [-0.25, -0.2) is 0 Å². The highest BCUT2D eigenvalue weighted by atomic mass is 14.9. The molecule has 1 atom stereocenters. The Morgan fingerprint density at radius 3 is 2.24 bits per heavy atom. The molecule has 0 spiro atoms. The van der Waals surface area contributed by atoms with E-state index in [2.05, 4.69) is 57.3 Å². The zero-order chi connectivity index (χ0) is 12.5. The lowest BCUT2D eigenvalue weighted by molar-refractivity contribution is 0.496. The SMILES string of the molecule is CC(NCc1ccc(C(C)(C)C)cc1)C1CC1. The molecule has 0 aromatic heterocycles. The lowest BCUT2D eigenvalue weighted by Gasteiger charge is -2.19. The van der Waals surface area contributed by atoms with Crippen molar-refractivity contribution < 1.29 is 0 Å². The van der Waals surface area contributed by atoms with Crippen LogP contribution in [-0.2, 0) is 12.0 Å². The van der Waals surface area contributed by atoms with E-state index >= 15 is 0 Å². The van der Waals surface area contributed by atoms with Gasteiger partial charge in [0.05, 0.1) is 0 Å². The zero-order valence-corrected chi connectivity index (χ0v) is 11.6. The molecular formula is C16H25N. The van der Waals surface area contributed by atoms with E-state index in [9.17, 15) is 0 Å². The first kappa shape index (κ1) is 12.6. The maximum atomic E-state index is 3.62. The molecule has 0 saturated heterocycles. The van der Waals surface area contributed by atoms with E-state index in [-0.39, 0.29) is 5.41 Å². The fourth-order valence-electron chi connectivity index (χ4n) is 2.16. The van der Waals surface area contributed by atoms with Gasteiger partial charge >= 0.3 is 0 Å². The Bertz CT molecular complexity index is 354. The summed E-state index contributed by atoms with van der Waals surface area (Å²) in [6.07, 6.45) is 2.83. The van der Waals surface area contributed by atoms with Gasteiger partial charge in [0.2, 0.25) is 0 Å². The van der Waals surface area contributed by atoms with Crippen LogP contribution in [0, 0.1) is 5.92 Å². The van der Waals surface area contributed by atoms with Crippen molar-refractivity contribution in [3.8, 4) is 0 Å². The predicted octanol–water partition coefficient (Wildman–Crippen LogP) is 3.87. The standard InChI is InChI=1S/C16H25N/c1-12(14-7-8-14)17-11-13-5-9-15(10-6-13)16(2,3)4/h5-6,9-10,12,14,17H,7-8,11H2,1-4H3. The van der Waals surface area contributed by atoms with Gasteiger partial charge in [-0.2, -0.15) is 0 Å². The molecule has 1 aromatic rings. The van der Waals surface area contributed by atoms with Crippen molar-refractivity contribution in [3.05, 3.63) is 35.4 Å². The Labute approximate surface area is 106 Å². The Morgan fingerprint density at radius 2 is 1.76 bits per heavy atom. The fourth-order valence-corrected chi connectivity index (χ4v) is 2.16. The smallest absolute Gasteiger partial charge is 0.0208 e. The molecule has 0 aliphatic heterocycles. The monoisotopic (exact) mass is 231 g/mol. The van der Waals surface area contributed by atoms with Gasteiger partial charge in [-0.05, 0) is 42.2 Å². The second-order valence-corrected chi connectivity index (χ2v) is 6.45. The normalized spacial score (nSPS) is 18.1. The van der Waals surface area contributed by atoms with Crippen molar-refractivity contribution in [2.45, 2.75) is 58.5 Å². The molecular weight excluding hydrogens is 206 g/mol. The van der Waals surface area contributed by atoms with Crippen LogP contribution in [0.5, 0.6) is 0 Å². The van der Waals surface area contributed by atoms with Crippen LogP contribution in [-0.4, -0.2) is 6.04 Å². The van der Waals surface area contributed by atoms with Crippen LogP contribution in [0.4, 0.5) is 0 Å². The molecule has 0 bridgehead atoms. The highest BCUT2D eigenvalue weighted by Gasteiger charge is 2.27. The highest BCUT2D eigenvalue weighted by Crippen LogP contribution is 2.32. The second-order valence-electron chi connectivity index (χ2n) is 6.45. The summed E-state index contributed by atoms with van der Waals surface area (Å²) in [7, 11) is 0. The molecule has 1 saturated carbocycles. The third kappa shape index (κ3) is 3.57. The molecule has 94 valence electrons. The van der Waals surface area contributed by atoms with Crippen LogP contribution in [0.2, 0.25) is 0 Å². The van der Waals surface area contributed by atoms with E-state index in [1.165, 1.54) is 24.0 Å². The molecule has 1 nitrogen and oxygen atoms in total. The van der Waals surface area contributed by atoms with Crippen molar-refractivity contribution in [3.63, 3.8) is 0 Å². The fraction of sp³-hybridized carbons (Fsp3) is 0.625. The van der Waals surface area contributed by atoms with Crippen molar-refractivity contribution in [2.75, 3.05) is 0 Å². The summed E-state index contributed by atoms with van der Waals surface area (Å²) in [5.41, 5.74) is 3.06. The van der Waals surface area contributed by atoms with Crippen molar-refractivity contribution in [1.29, 1.82) is 0 Å². The molecule has 1 unspecified atom stereocenters. The van der Waals surface area contributed by atoms with Crippen LogP contribution in [0.1, 0.15) is 51.7 Å². The summed E-state index contributed by atoms with van der Waals surface area (Å²) in [5.74, 6) is 0.934. The maximum absolute atomic E-state index is 3.62. The van der Waals surface area contributed by atoms with Gasteiger partial charge in [-0.1, -0.05) is 45.0 Å². The third-order valence-corrected chi connectivity index (χ3v) is 3.78. The molecule has 1 aromatic carbocycles. The van der Waals surface area contributed by atoms with Gasteiger partial charge < -0.3 is 5.32 Å². The van der Waals surface area contributed by atoms with Gasteiger partial charge in [-0.3, -0.25) is 0 Å². The molecule has 1 aliphatic rings. The molecule has 1 N–H and O–H groups in total. The minimum absolute atomic E-state index is 0.257. The van der Waals surface area contributed by atoms with E-state index in [0.717, 1.165) is 12.5 Å². The minimum atomic E-state index is 0.257. The third-order valence-electron chi connectivity index (χ3n) is 3.78. The van der Waals surface area contributed by atoms with Gasteiger partial charge in [0.1, 0.15) is 0 Å². The van der Waals surface area contributed by atoms with Gasteiger partial charge in [0, 0.05) is 12.6 Å². The number of rotatable bonds is 4. The predicted molar refractivity (Wildman–Crippen MR) is 74.2 cm³/mol. The Morgan fingerprint density at radius 1 is 1.18 bits per heavy atom. The minimum Gasteiger partial charge on any atom is -0.310 e. The average molecular weight is 231 g/mol. The largest absolute Gasteiger partial charge is 0.310 e. The van der Waals surface area contributed by atoms with E-state index in [1.54, 1.807) is 0 Å². The van der Waals surface area contributed by atoms with E-state index in [0.29, 0.717) is 6.04 Å². The van der Waals surface area contributed by atoms with Crippen molar-refractivity contribution in [2.24, 2.45) is 5.92 Å². The molecule has 2 rings (SSSR count).